The Morgan fingerprint density at radius 2 is 2.04 bits per heavy atom. The van der Waals surface area contributed by atoms with Crippen LogP contribution in [0.25, 0.3) is 11.0 Å². The zero-order chi connectivity index (χ0) is 18.0. The van der Waals surface area contributed by atoms with Crippen LogP contribution in [0.5, 0.6) is 5.75 Å². The predicted molar refractivity (Wildman–Crippen MR) is 96.3 cm³/mol. The van der Waals surface area contributed by atoms with Crippen molar-refractivity contribution in [2.24, 2.45) is 0 Å². The van der Waals surface area contributed by atoms with E-state index in [2.05, 4.69) is 24.1 Å². The van der Waals surface area contributed by atoms with E-state index < -0.39 is 0 Å². The third-order valence-corrected chi connectivity index (χ3v) is 4.85. The molecular weight excluding hydrogens is 320 g/mol. The first-order chi connectivity index (χ1) is 11.9. The second-order valence-electron chi connectivity index (χ2n) is 6.99. The van der Waals surface area contributed by atoms with E-state index in [0.29, 0.717) is 29.2 Å². The van der Waals surface area contributed by atoms with Crippen molar-refractivity contribution in [3.05, 3.63) is 29.5 Å². The van der Waals surface area contributed by atoms with Crippen molar-refractivity contribution >= 4 is 16.9 Å². The molecule has 0 aliphatic carbocycles. The van der Waals surface area contributed by atoms with E-state index in [4.69, 9.17) is 13.9 Å². The van der Waals surface area contributed by atoms with E-state index in [-0.39, 0.29) is 11.4 Å². The van der Waals surface area contributed by atoms with Gasteiger partial charge in [0.1, 0.15) is 17.1 Å². The van der Waals surface area contributed by atoms with Crippen molar-refractivity contribution in [2.75, 3.05) is 40.0 Å². The third-order valence-electron chi connectivity index (χ3n) is 4.85. The van der Waals surface area contributed by atoms with E-state index in [1.165, 1.54) is 0 Å². The van der Waals surface area contributed by atoms with Crippen LogP contribution < -0.4 is 10.1 Å². The highest BCUT2D eigenvalue weighted by molar-refractivity contribution is 6.07. The summed E-state index contributed by atoms with van der Waals surface area (Å²) in [4.78, 5) is 15.2. The van der Waals surface area contributed by atoms with Crippen LogP contribution in [0, 0.1) is 6.92 Å². The Morgan fingerprint density at radius 1 is 1.32 bits per heavy atom. The Bertz CT molecular complexity index is 760. The summed E-state index contributed by atoms with van der Waals surface area (Å²) in [5.74, 6) is 1.20. The zero-order valence-electron chi connectivity index (χ0n) is 15.3. The van der Waals surface area contributed by atoms with Gasteiger partial charge >= 0.3 is 0 Å². The molecule has 1 aliphatic heterocycles. The van der Waals surface area contributed by atoms with Gasteiger partial charge in [-0.3, -0.25) is 9.69 Å². The van der Waals surface area contributed by atoms with Gasteiger partial charge in [0.25, 0.3) is 5.91 Å². The molecule has 1 amide bonds. The first-order valence-electron chi connectivity index (χ1n) is 8.60. The van der Waals surface area contributed by atoms with Crippen LogP contribution in [0.3, 0.4) is 0 Å². The summed E-state index contributed by atoms with van der Waals surface area (Å²) in [6, 6.07) is 5.50. The number of hydrogen-bond acceptors (Lipinski definition) is 5. The highest BCUT2D eigenvalue weighted by Gasteiger charge is 2.29. The molecule has 1 saturated heterocycles. The van der Waals surface area contributed by atoms with Crippen LogP contribution in [0.15, 0.2) is 22.6 Å². The average molecular weight is 346 g/mol. The van der Waals surface area contributed by atoms with Crippen molar-refractivity contribution in [3.8, 4) is 5.75 Å². The number of rotatable bonds is 5. The first kappa shape index (κ1) is 17.8. The molecule has 6 nitrogen and oxygen atoms in total. The second-order valence-corrected chi connectivity index (χ2v) is 6.99. The number of nitrogens with zero attached hydrogens (tertiary/aromatic N) is 1. The molecule has 1 aromatic heterocycles. The van der Waals surface area contributed by atoms with Gasteiger partial charge in [0.15, 0.2) is 0 Å². The number of carbonyl (C=O) groups excluding carboxylic acids is 1. The lowest BCUT2D eigenvalue weighted by molar-refractivity contribution is -0.00923. The molecule has 0 radical (unpaired) electrons. The lowest BCUT2D eigenvalue weighted by Crippen LogP contribution is -2.55. The summed E-state index contributed by atoms with van der Waals surface area (Å²) in [6.07, 6.45) is 0. The van der Waals surface area contributed by atoms with Crippen molar-refractivity contribution < 1.29 is 18.7 Å². The number of hydrogen-bond donors (Lipinski definition) is 1. The molecule has 0 spiro atoms. The second kappa shape index (κ2) is 7.06. The molecule has 25 heavy (non-hydrogen) atoms. The number of methoxy groups -OCH3 is 1. The molecule has 0 unspecified atom stereocenters. The fourth-order valence-corrected chi connectivity index (χ4v) is 3.27. The molecule has 0 atom stereocenters. The number of ether oxygens (including phenoxy) is 2. The number of benzene rings is 1. The number of amides is 1. The first-order valence-corrected chi connectivity index (χ1v) is 8.60. The molecule has 2 heterocycles. The van der Waals surface area contributed by atoms with Gasteiger partial charge in [-0.2, -0.15) is 0 Å². The molecule has 3 rings (SSSR count). The lowest BCUT2D eigenvalue weighted by atomic mass is 10.0. The fourth-order valence-electron chi connectivity index (χ4n) is 3.27. The van der Waals surface area contributed by atoms with Gasteiger partial charge in [-0.25, -0.2) is 0 Å². The molecule has 136 valence electrons. The maximum Gasteiger partial charge on any atom is 0.255 e. The number of fused-ring (bicyclic) bond motifs is 1. The van der Waals surface area contributed by atoms with Gasteiger partial charge in [0, 0.05) is 30.6 Å². The normalized spacial score (nSPS) is 16.2. The molecule has 0 saturated carbocycles. The summed E-state index contributed by atoms with van der Waals surface area (Å²) in [7, 11) is 1.61. The number of furan rings is 1. The minimum Gasteiger partial charge on any atom is -0.497 e. The monoisotopic (exact) mass is 346 g/mol. The molecule has 1 fully saturated rings. The van der Waals surface area contributed by atoms with Gasteiger partial charge in [0.2, 0.25) is 0 Å². The van der Waals surface area contributed by atoms with Crippen LogP contribution in [0.2, 0.25) is 0 Å². The number of aryl methyl sites for hydroxylation is 1. The summed E-state index contributed by atoms with van der Waals surface area (Å²) < 4.78 is 16.4. The summed E-state index contributed by atoms with van der Waals surface area (Å²) in [6.45, 7) is 9.90. The molecule has 2 aromatic rings. The third kappa shape index (κ3) is 3.65. The number of morpholine rings is 1. The lowest BCUT2D eigenvalue weighted by Gasteiger charge is -2.40. The highest BCUT2D eigenvalue weighted by Crippen LogP contribution is 2.29. The minimum atomic E-state index is -0.134. The topological polar surface area (TPSA) is 63.9 Å². The van der Waals surface area contributed by atoms with Crippen molar-refractivity contribution in [1.82, 2.24) is 10.2 Å². The van der Waals surface area contributed by atoms with E-state index >= 15 is 0 Å². The molecule has 1 aliphatic rings. The Labute approximate surface area is 148 Å². The minimum absolute atomic E-state index is 0.120. The van der Waals surface area contributed by atoms with Gasteiger partial charge < -0.3 is 19.2 Å². The van der Waals surface area contributed by atoms with Gasteiger partial charge in [-0.1, -0.05) is 0 Å². The van der Waals surface area contributed by atoms with Crippen LogP contribution in [-0.2, 0) is 4.74 Å². The Kier molecular flexibility index (Phi) is 5.01. The van der Waals surface area contributed by atoms with Gasteiger partial charge in [-0.15, -0.1) is 0 Å². The van der Waals surface area contributed by atoms with E-state index in [9.17, 15) is 4.79 Å². The molecule has 1 aromatic carbocycles. The van der Waals surface area contributed by atoms with Crippen LogP contribution in [0.4, 0.5) is 0 Å². The smallest absolute Gasteiger partial charge is 0.255 e. The maximum atomic E-state index is 12.8. The Balaban J connectivity index is 1.76. The molecule has 6 heteroatoms. The number of nitrogens with one attached hydrogen (secondary N) is 1. The molecule has 1 N–H and O–H groups in total. The van der Waals surface area contributed by atoms with Crippen LogP contribution in [0.1, 0.15) is 30.0 Å². The Hall–Kier alpha value is -2.05. The quantitative estimate of drug-likeness (QED) is 0.901. The van der Waals surface area contributed by atoms with Crippen molar-refractivity contribution in [3.63, 3.8) is 0 Å². The average Bonchev–Trinajstić information content (AvgIpc) is 2.95. The molecule has 0 bridgehead atoms. The van der Waals surface area contributed by atoms with E-state index in [1.54, 1.807) is 7.11 Å². The molecular formula is C19H26N2O4. The standard InChI is InChI=1S/C19H26N2O4/c1-13-17(15-11-14(23-4)5-6-16(15)25-13)18(22)20-12-19(2,3)21-7-9-24-10-8-21/h5-6,11H,7-10,12H2,1-4H3,(H,20,22). The van der Waals surface area contributed by atoms with Crippen LogP contribution >= 0.6 is 0 Å². The van der Waals surface area contributed by atoms with E-state index in [0.717, 1.165) is 31.7 Å². The van der Waals surface area contributed by atoms with E-state index in [1.807, 2.05) is 25.1 Å². The fraction of sp³-hybridized carbons (Fsp3) is 0.526. The maximum absolute atomic E-state index is 12.8. The van der Waals surface area contributed by atoms with Crippen molar-refractivity contribution in [1.29, 1.82) is 0 Å². The van der Waals surface area contributed by atoms with Gasteiger partial charge in [0.05, 0.1) is 25.9 Å². The van der Waals surface area contributed by atoms with Crippen LogP contribution in [-0.4, -0.2) is 56.3 Å². The zero-order valence-corrected chi connectivity index (χ0v) is 15.3. The largest absolute Gasteiger partial charge is 0.497 e. The Morgan fingerprint density at radius 3 is 2.72 bits per heavy atom. The van der Waals surface area contributed by atoms with Gasteiger partial charge in [-0.05, 0) is 39.0 Å². The summed E-state index contributed by atoms with van der Waals surface area (Å²) in [5.41, 5.74) is 1.13. The van der Waals surface area contributed by atoms with Crippen molar-refractivity contribution in [2.45, 2.75) is 26.3 Å². The summed E-state index contributed by atoms with van der Waals surface area (Å²) in [5, 5.41) is 3.85. The highest BCUT2D eigenvalue weighted by atomic mass is 16.5. The number of carbonyl (C=O) groups is 1. The SMILES string of the molecule is COc1ccc2oc(C)c(C(=O)NCC(C)(C)N3CCOCC3)c2c1. The summed E-state index contributed by atoms with van der Waals surface area (Å²) >= 11 is 0. The predicted octanol–water partition coefficient (Wildman–Crippen LogP) is 2.59.